The quantitative estimate of drug-likeness (QED) is 0.424. The number of aliphatic hydroxyl groups excluding tert-OH is 1. The van der Waals surface area contributed by atoms with Crippen molar-refractivity contribution in [1.29, 1.82) is 0 Å². The van der Waals surface area contributed by atoms with Crippen LogP contribution in [0, 0.1) is 0 Å². The van der Waals surface area contributed by atoms with Gasteiger partial charge >= 0.3 is 7.60 Å². The zero-order chi connectivity index (χ0) is 21.5. The smallest absolute Gasteiger partial charge is 0.334 e. The largest absolute Gasteiger partial charge is 0.394 e. The Labute approximate surface area is 168 Å². The predicted octanol–water partition coefficient (Wildman–Crippen LogP) is 0.853. The lowest BCUT2D eigenvalue weighted by Crippen LogP contribution is -2.31. The van der Waals surface area contributed by atoms with E-state index in [0.717, 1.165) is 10.9 Å². The summed E-state index contributed by atoms with van der Waals surface area (Å²) in [5.74, 6) is -0.362. The third-order valence-corrected chi connectivity index (χ3v) is 6.16. The van der Waals surface area contributed by atoms with Gasteiger partial charge in [0.15, 0.2) is 29.4 Å². The Hall–Kier alpha value is -2.76. The highest BCUT2D eigenvalue weighted by molar-refractivity contribution is 7.52. The number of aliphatic hydroxyl groups is 1. The van der Waals surface area contributed by atoms with Gasteiger partial charge in [0.1, 0.15) is 18.1 Å². The van der Waals surface area contributed by atoms with Crippen LogP contribution < -0.4 is 5.32 Å². The van der Waals surface area contributed by atoms with E-state index in [4.69, 9.17) is 4.74 Å². The number of amides is 1. The molecule has 13 heteroatoms. The maximum atomic E-state index is 14.9. The second-order valence-corrected chi connectivity index (χ2v) is 8.41. The Kier molecular flexibility index (Phi) is 5.35. The Morgan fingerprint density at radius 3 is 2.60 bits per heavy atom. The second-order valence-electron chi connectivity index (χ2n) is 6.64. The van der Waals surface area contributed by atoms with Crippen molar-refractivity contribution in [2.45, 2.75) is 24.2 Å². The molecule has 1 amide bonds. The SMILES string of the molecule is O=C(Nc1ncnc2c1ncn2[C@@H]1O[C@H](CO)[C@@H](P(=O)(O)O)[C@@H]1F)c1ccccc1. The number of aromatic nitrogens is 4. The molecule has 158 valence electrons. The Morgan fingerprint density at radius 1 is 1.23 bits per heavy atom. The van der Waals surface area contributed by atoms with Crippen LogP contribution in [-0.2, 0) is 9.30 Å². The van der Waals surface area contributed by atoms with E-state index in [0.29, 0.717) is 5.56 Å². The van der Waals surface area contributed by atoms with Gasteiger partial charge in [-0.05, 0) is 12.1 Å². The summed E-state index contributed by atoms with van der Waals surface area (Å²) in [6.07, 6.45) is -2.70. The summed E-state index contributed by atoms with van der Waals surface area (Å²) in [7, 11) is -4.89. The van der Waals surface area contributed by atoms with Gasteiger partial charge in [0.05, 0.1) is 12.9 Å². The minimum Gasteiger partial charge on any atom is -0.394 e. The molecule has 1 saturated heterocycles. The van der Waals surface area contributed by atoms with Crippen molar-refractivity contribution in [3.05, 3.63) is 48.5 Å². The molecule has 1 aliphatic heterocycles. The number of nitrogens with zero attached hydrogens (tertiary/aromatic N) is 4. The summed E-state index contributed by atoms with van der Waals surface area (Å²) in [6, 6.07) is 8.40. The van der Waals surface area contributed by atoms with Crippen molar-refractivity contribution >= 4 is 30.5 Å². The zero-order valence-corrected chi connectivity index (χ0v) is 16.1. The van der Waals surface area contributed by atoms with Crippen LogP contribution in [-0.4, -0.2) is 64.9 Å². The number of alkyl halides is 1. The van der Waals surface area contributed by atoms with Crippen molar-refractivity contribution in [2.75, 3.05) is 11.9 Å². The normalized spacial score (nSPS) is 24.3. The molecule has 1 aromatic carbocycles. The zero-order valence-electron chi connectivity index (χ0n) is 15.2. The van der Waals surface area contributed by atoms with Crippen molar-refractivity contribution in [3.63, 3.8) is 0 Å². The lowest BCUT2D eigenvalue weighted by molar-refractivity contribution is -0.0352. The van der Waals surface area contributed by atoms with Crippen molar-refractivity contribution < 1.29 is 33.4 Å². The second kappa shape index (κ2) is 7.82. The van der Waals surface area contributed by atoms with Crippen LogP contribution in [0.3, 0.4) is 0 Å². The summed E-state index contributed by atoms with van der Waals surface area (Å²) in [6.45, 7) is -0.771. The molecule has 4 N–H and O–H groups in total. The number of nitrogens with one attached hydrogen (secondary N) is 1. The topological polar surface area (TPSA) is 160 Å². The highest BCUT2D eigenvalue weighted by atomic mass is 31.2. The fourth-order valence-corrected chi connectivity index (χ4v) is 4.50. The molecular formula is C17H17FN5O6P. The lowest BCUT2D eigenvalue weighted by atomic mass is 10.2. The fraction of sp³-hybridized carbons (Fsp3) is 0.294. The van der Waals surface area contributed by atoms with Crippen molar-refractivity contribution in [2.24, 2.45) is 0 Å². The Balaban J connectivity index is 1.67. The number of rotatable bonds is 5. The molecule has 2 aromatic heterocycles. The van der Waals surface area contributed by atoms with Gasteiger partial charge in [0.25, 0.3) is 5.91 Å². The average molecular weight is 437 g/mol. The maximum Gasteiger partial charge on any atom is 0.334 e. The molecule has 4 atom stereocenters. The number of anilines is 1. The lowest BCUT2D eigenvalue weighted by Gasteiger charge is -2.18. The molecule has 1 fully saturated rings. The van der Waals surface area contributed by atoms with Gasteiger partial charge in [0, 0.05) is 5.56 Å². The molecule has 0 aliphatic carbocycles. The third-order valence-electron chi connectivity index (χ3n) is 4.76. The standard InChI is InChI=1S/C17H17FN5O6P/c18-11-13(30(26,27)28)10(6-24)29-17(11)23-8-21-12-14(19-7-20-15(12)23)22-16(25)9-4-2-1-3-5-9/h1-5,7-8,10-11,13,17,24H,6H2,(H2,26,27,28)(H,19,20,22,25)/t10-,11+,13-,17-/m1/s1. The summed E-state index contributed by atoms with van der Waals surface area (Å²) in [4.78, 5) is 43.4. The van der Waals surface area contributed by atoms with E-state index in [9.17, 15) is 28.6 Å². The van der Waals surface area contributed by atoms with E-state index in [1.54, 1.807) is 30.3 Å². The summed E-state index contributed by atoms with van der Waals surface area (Å²) in [5.41, 5.74) is -1.22. The number of fused-ring (bicyclic) bond motifs is 1. The molecule has 0 unspecified atom stereocenters. The highest BCUT2D eigenvalue weighted by Gasteiger charge is 2.54. The van der Waals surface area contributed by atoms with Crippen molar-refractivity contribution in [3.8, 4) is 0 Å². The van der Waals surface area contributed by atoms with Crippen molar-refractivity contribution in [1.82, 2.24) is 19.5 Å². The van der Waals surface area contributed by atoms with E-state index in [2.05, 4.69) is 20.3 Å². The van der Waals surface area contributed by atoms with E-state index in [1.165, 1.54) is 6.33 Å². The molecule has 0 bridgehead atoms. The number of ether oxygens (including phenoxy) is 1. The maximum absolute atomic E-state index is 14.9. The molecule has 1 aliphatic rings. The minimum absolute atomic E-state index is 0.0752. The van der Waals surface area contributed by atoms with Gasteiger partial charge in [-0.3, -0.25) is 13.9 Å². The molecule has 30 heavy (non-hydrogen) atoms. The molecule has 11 nitrogen and oxygen atoms in total. The Bertz CT molecular complexity index is 1120. The molecule has 0 radical (unpaired) electrons. The van der Waals surface area contributed by atoms with Gasteiger partial charge in [-0.25, -0.2) is 19.3 Å². The number of carbonyl (C=O) groups is 1. The van der Waals surface area contributed by atoms with Gasteiger partial charge in [-0.1, -0.05) is 18.2 Å². The number of imidazole rings is 1. The van der Waals surface area contributed by atoms with Crippen LogP contribution in [0.25, 0.3) is 11.2 Å². The first-order chi connectivity index (χ1) is 14.3. The van der Waals surface area contributed by atoms with Crippen LogP contribution >= 0.6 is 7.60 Å². The van der Waals surface area contributed by atoms with Crippen LogP contribution in [0.2, 0.25) is 0 Å². The van der Waals surface area contributed by atoms with Crippen LogP contribution in [0.5, 0.6) is 0 Å². The summed E-state index contributed by atoms with van der Waals surface area (Å²) >= 11 is 0. The number of halogens is 1. The number of benzene rings is 1. The third kappa shape index (κ3) is 3.59. The Morgan fingerprint density at radius 2 is 1.97 bits per heavy atom. The first-order valence-corrected chi connectivity index (χ1v) is 10.5. The molecule has 3 heterocycles. The number of carbonyl (C=O) groups excluding carboxylic acids is 1. The van der Waals surface area contributed by atoms with E-state index < -0.39 is 44.3 Å². The summed E-state index contributed by atoms with van der Waals surface area (Å²) in [5, 5.41) is 12.0. The molecule has 4 rings (SSSR count). The van der Waals surface area contributed by atoms with Gasteiger partial charge < -0.3 is 24.9 Å². The molecular weight excluding hydrogens is 420 g/mol. The van der Waals surface area contributed by atoms with E-state index in [1.807, 2.05) is 0 Å². The first kappa shape index (κ1) is 20.5. The van der Waals surface area contributed by atoms with Gasteiger partial charge in [-0.2, -0.15) is 0 Å². The minimum atomic E-state index is -4.89. The molecule has 0 saturated carbocycles. The van der Waals surface area contributed by atoms with Crippen LogP contribution in [0.1, 0.15) is 16.6 Å². The van der Waals surface area contributed by atoms with Crippen LogP contribution in [0.4, 0.5) is 10.2 Å². The van der Waals surface area contributed by atoms with Gasteiger partial charge in [-0.15, -0.1) is 0 Å². The monoisotopic (exact) mass is 437 g/mol. The summed E-state index contributed by atoms with van der Waals surface area (Å²) < 4.78 is 33.1. The first-order valence-electron chi connectivity index (χ1n) is 8.81. The average Bonchev–Trinajstić information content (AvgIpc) is 3.29. The number of hydrogen-bond acceptors (Lipinski definition) is 7. The number of hydrogen-bond donors (Lipinski definition) is 4. The van der Waals surface area contributed by atoms with Crippen LogP contribution in [0.15, 0.2) is 43.0 Å². The predicted molar refractivity (Wildman–Crippen MR) is 101 cm³/mol. The molecule has 0 spiro atoms. The van der Waals surface area contributed by atoms with Gasteiger partial charge in [0.2, 0.25) is 0 Å². The van der Waals surface area contributed by atoms with E-state index >= 15 is 0 Å². The fourth-order valence-electron chi connectivity index (χ4n) is 3.38. The van der Waals surface area contributed by atoms with E-state index in [-0.39, 0.29) is 17.0 Å². The molecule has 3 aromatic rings. The highest BCUT2D eigenvalue weighted by Crippen LogP contribution is 2.53.